The number of nitrogens with zero attached hydrogens (tertiary/aromatic N) is 5. The van der Waals surface area contributed by atoms with Gasteiger partial charge in [-0.1, -0.05) is 18.2 Å². The van der Waals surface area contributed by atoms with Crippen molar-refractivity contribution < 1.29 is 9.90 Å². The highest BCUT2D eigenvalue weighted by atomic mass is 16.3. The number of hydrogen-bond donors (Lipinski definition) is 2. The standard InChI is InChI=1S/C15H16N6O2/c22-14(9-21-12-4-2-1-3-11(12)7-17-21)20-6-5-15(23,10-20)13-8-16-19-18-13/h1-4,7-8,23H,5-6,9-10H2,(H,16,18,19). The second-order valence-corrected chi connectivity index (χ2v) is 5.81. The van der Waals surface area contributed by atoms with Crippen LogP contribution in [0.4, 0.5) is 0 Å². The van der Waals surface area contributed by atoms with E-state index in [1.54, 1.807) is 15.8 Å². The molecular weight excluding hydrogens is 296 g/mol. The van der Waals surface area contributed by atoms with E-state index in [0.29, 0.717) is 18.7 Å². The molecule has 3 aromatic rings. The van der Waals surface area contributed by atoms with Crippen LogP contribution in [0.25, 0.3) is 10.9 Å². The largest absolute Gasteiger partial charge is 0.381 e. The molecule has 1 saturated heterocycles. The molecule has 0 saturated carbocycles. The van der Waals surface area contributed by atoms with Crippen LogP contribution < -0.4 is 0 Å². The maximum absolute atomic E-state index is 12.5. The molecule has 0 bridgehead atoms. The Morgan fingerprint density at radius 3 is 3.04 bits per heavy atom. The maximum atomic E-state index is 12.5. The fourth-order valence-electron chi connectivity index (χ4n) is 3.02. The Balaban J connectivity index is 1.50. The van der Waals surface area contributed by atoms with Crippen molar-refractivity contribution in [2.45, 2.75) is 18.6 Å². The number of aromatic nitrogens is 5. The average Bonchev–Trinajstić information content (AvgIpc) is 3.27. The number of hydrogen-bond acceptors (Lipinski definition) is 5. The van der Waals surface area contributed by atoms with E-state index in [1.165, 1.54) is 6.20 Å². The molecule has 118 valence electrons. The number of nitrogens with one attached hydrogen (secondary N) is 1. The number of amides is 1. The first-order chi connectivity index (χ1) is 11.2. The third-order valence-electron chi connectivity index (χ3n) is 4.33. The van der Waals surface area contributed by atoms with Crippen LogP contribution in [0, 0.1) is 0 Å². The number of rotatable bonds is 3. The number of benzene rings is 1. The summed E-state index contributed by atoms with van der Waals surface area (Å²) in [6, 6.07) is 7.76. The summed E-state index contributed by atoms with van der Waals surface area (Å²) in [4.78, 5) is 14.2. The molecule has 2 N–H and O–H groups in total. The van der Waals surface area contributed by atoms with E-state index < -0.39 is 5.60 Å². The molecule has 23 heavy (non-hydrogen) atoms. The summed E-state index contributed by atoms with van der Waals surface area (Å²) in [6.45, 7) is 0.862. The molecule has 0 aliphatic carbocycles. The predicted octanol–water partition coefficient (Wildman–Crippen LogP) is 0.274. The minimum Gasteiger partial charge on any atom is -0.381 e. The summed E-state index contributed by atoms with van der Waals surface area (Å²) >= 11 is 0. The quantitative estimate of drug-likeness (QED) is 0.723. The molecule has 1 amide bonds. The number of fused-ring (bicyclic) bond motifs is 1. The molecule has 8 heteroatoms. The van der Waals surface area contributed by atoms with E-state index >= 15 is 0 Å². The molecular formula is C15H16N6O2. The number of aromatic amines is 1. The van der Waals surface area contributed by atoms with Crippen molar-refractivity contribution in [3.8, 4) is 0 Å². The minimum absolute atomic E-state index is 0.0710. The first-order valence-corrected chi connectivity index (χ1v) is 7.43. The maximum Gasteiger partial charge on any atom is 0.244 e. The highest BCUT2D eigenvalue weighted by molar-refractivity contribution is 5.82. The molecule has 1 aliphatic rings. The zero-order valence-electron chi connectivity index (χ0n) is 12.4. The van der Waals surface area contributed by atoms with Crippen molar-refractivity contribution in [3.05, 3.63) is 42.4 Å². The Bertz CT molecular complexity index is 843. The Morgan fingerprint density at radius 1 is 1.35 bits per heavy atom. The van der Waals surface area contributed by atoms with Gasteiger partial charge >= 0.3 is 0 Å². The summed E-state index contributed by atoms with van der Waals surface area (Å²) in [7, 11) is 0. The fourth-order valence-corrected chi connectivity index (χ4v) is 3.02. The fraction of sp³-hybridized carbons (Fsp3) is 0.333. The number of aliphatic hydroxyl groups is 1. The van der Waals surface area contributed by atoms with Crippen LogP contribution in [-0.4, -0.2) is 54.2 Å². The van der Waals surface area contributed by atoms with Gasteiger partial charge in [-0.15, -0.1) is 0 Å². The Kier molecular flexibility index (Phi) is 3.12. The SMILES string of the molecule is O=C(Cn1ncc2ccccc21)N1CCC(O)(c2cn[nH]n2)C1. The predicted molar refractivity (Wildman–Crippen MR) is 81.2 cm³/mol. The molecule has 0 radical (unpaired) electrons. The molecule has 1 aliphatic heterocycles. The lowest BCUT2D eigenvalue weighted by Gasteiger charge is -2.21. The van der Waals surface area contributed by atoms with Gasteiger partial charge < -0.3 is 10.0 Å². The molecule has 2 aromatic heterocycles. The van der Waals surface area contributed by atoms with Gasteiger partial charge in [-0.05, 0) is 6.07 Å². The van der Waals surface area contributed by atoms with Crippen LogP contribution in [0.1, 0.15) is 12.1 Å². The summed E-state index contributed by atoms with van der Waals surface area (Å²) in [5, 5.41) is 26.1. The molecule has 3 heterocycles. The molecule has 1 fully saturated rings. The third kappa shape index (κ3) is 2.36. The first-order valence-electron chi connectivity index (χ1n) is 7.43. The number of likely N-dealkylation sites (tertiary alicyclic amines) is 1. The van der Waals surface area contributed by atoms with Gasteiger partial charge in [-0.2, -0.15) is 20.5 Å². The van der Waals surface area contributed by atoms with Crippen LogP contribution in [0.15, 0.2) is 36.7 Å². The number of H-pyrrole nitrogens is 1. The van der Waals surface area contributed by atoms with E-state index in [2.05, 4.69) is 20.5 Å². The lowest BCUT2D eigenvalue weighted by atomic mass is 10.0. The summed E-state index contributed by atoms with van der Waals surface area (Å²) < 4.78 is 1.69. The highest BCUT2D eigenvalue weighted by Crippen LogP contribution is 2.30. The third-order valence-corrected chi connectivity index (χ3v) is 4.33. The smallest absolute Gasteiger partial charge is 0.244 e. The van der Waals surface area contributed by atoms with Crippen LogP contribution >= 0.6 is 0 Å². The molecule has 1 unspecified atom stereocenters. The van der Waals surface area contributed by atoms with Gasteiger partial charge in [0.2, 0.25) is 5.91 Å². The van der Waals surface area contributed by atoms with Gasteiger partial charge in [-0.25, -0.2) is 0 Å². The van der Waals surface area contributed by atoms with Gasteiger partial charge in [0.05, 0.1) is 24.5 Å². The monoisotopic (exact) mass is 312 g/mol. The lowest BCUT2D eigenvalue weighted by molar-refractivity contribution is -0.132. The molecule has 1 aromatic carbocycles. The molecule has 1 atom stereocenters. The summed E-state index contributed by atoms with van der Waals surface area (Å²) in [6.07, 6.45) is 3.69. The summed E-state index contributed by atoms with van der Waals surface area (Å²) in [5.74, 6) is -0.0710. The number of carbonyl (C=O) groups is 1. The van der Waals surface area contributed by atoms with Crippen molar-refractivity contribution in [1.29, 1.82) is 0 Å². The van der Waals surface area contributed by atoms with Crippen molar-refractivity contribution in [2.75, 3.05) is 13.1 Å². The number of para-hydroxylation sites is 1. The van der Waals surface area contributed by atoms with Crippen molar-refractivity contribution >= 4 is 16.8 Å². The van der Waals surface area contributed by atoms with Crippen molar-refractivity contribution in [1.82, 2.24) is 30.1 Å². The van der Waals surface area contributed by atoms with Gasteiger partial charge in [0.1, 0.15) is 17.8 Å². The van der Waals surface area contributed by atoms with Crippen LogP contribution in [-0.2, 0) is 16.9 Å². The Hall–Kier alpha value is -2.74. The van der Waals surface area contributed by atoms with E-state index in [0.717, 1.165) is 10.9 Å². The number of carbonyl (C=O) groups excluding carboxylic acids is 1. The zero-order chi connectivity index (χ0) is 15.9. The van der Waals surface area contributed by atoms with Gasteiger partial charge in [-0.3, -0.25) is 9.48 Å². The minimum atomic E-state index is -1.13. The van der Waals surface area contributed by atoms with Crippen molar-refractivity contribution in [3.63, 3.8) is 0 Å². The second-order valence-electron chi connectivity index (χ2n) is 5.81. The second kappa shape index (κ2) is 5.17. The highest BCUT2D eigenvalue weighted by Gasteiger charge is 2.41. The normalized spacial score (nSPS) is 21.2. The molecule has 4 rings (SSSR count). The summed E-state index contributed by atoms with van der Waals surface area (Å²) in [5.41, 5.74) is 0.263. The van der Waals surface area contributed by atoms with E-state index in [9.17, 15) is 9.90 Å². The zero-order valence-corrected chi connectivity index (χ0v) is 12.4. The Labute approximate surface area is 131 Å². The van der Waals surface area contributed by atoms with E-state index in [1.807, 2.05) is 24.3 Å². The number of β-amino-alcohol motifs (C(OH)–C–C–N with tert-alkyl or cyclic N) is 1. The Morgan fingerprint density at radius 2 is 2.22 bits per heavy atom. The van der Waals surface area contributed by atoms with E-state index in [4.69, 9.17) is 0 Å². The van der Waals surface area contributed by atoms with Crippen molar-refractivity contribution in [2.24, 2.45) is 0 Å². The molecule has 0 spiro atoms. The van der Waals surface area contributed by atoms with E-state index in [-0.39, 0.29) is 19.0 Å². The lowest BCUT2D eigenvalue weighted by Crippen LogP contribution is -2.36. The topological polar surface area (TPSA) is 99.9 Å². The van der Waals surface area contributed by atoms with Gasteiger partial charge in [0, 0.05) is 18.4 Å². The average molecular weight is 312 g/mol. The van der Waals surface area contributed by atoms with Crippen LogP contribution in [0.5, 0.6) is 0 Å². The van der Waals surface area contributed by atoms with Gasteiger partial charge in [0.25, 0.3) is 0 Å². The van der Waals surface area contributed by atoms with Crippen LogP contribution in [0.2, 0.25) is 0 Å². The molecule has 8 nitrogen and oxygen atoms in total. The first kappa shape index (κ1) is 13.9. The van der Waals surface area contributed by atoms with Crippen LogP contribution in [0.3, 0.4) is 0 Å². The van der Waals surface area contributed by atoms with Gasteiger partial charge in [0.15, 0.2) is 0 Å².